The largest absolute Gasteiger partial charge is 0.506 e. The fourth-order valence-corrected chi connectivity index (χ4v) is 10.5. The van der Waals surface area contributed by atoms with Gasteiger partial charge in [0.1, 0.15) is 29.9 Å². The van der Waals surface area contributed by atoms with Crippen LogP contribution >= 0.6 is 22.7 Å². The molecular formula is C44H57N3O7S2Si. The molecule has 2 aromatic carbocycles. The van der Waals surface area contributed by atoms with Crippen molar-refractivity contribution in [1.29, 1.82) is 0 Å². The Morgan fingerprint density at radius 2 is 1.58 bits per heavy atom. The Morgan fingerprint density at radius 3 is 2.18 bits per heavy atom. The number of fused-ring (bicyclic) bond motifs is 1. The molecule has 57 heavy (non-hydrogen) atoms. The maximum Gasteiger partial charge on any atom is 0.349 e. The molecule has 1 saturated carbocycles. The van der Waals surface area contributed by atoms with Crippen molar-refractivity contribution in [2.75, 3.05) is 26.7 Å². The van der Waals surface area contributed by atoms with Gasteiger partial charge >= 0.3 is 5.97 Å². The zero-order valence-corrected chi connectivity index (χ0v) is 36.7. The van der Waals surface area contributed by atoms with Crippen LogP contribution in [0, 0.1) is 0 Å². The van der Waals surface area contributed by atoms with Gasteiger partial charge in [-0.2, -0.15) is 0 Å². The van der Waals surface area contributed by atoms with Crippen molar-refractivity contribution in [3.05, 3.63) is 115 Å². The summed E-state index contributed by atoms with van der Waals surface area (Å²) >= 11 is 2.71. The normalized spacial score (nSPS) is 17.8. The first kappa shape index (κ1) is 42.8. The van der Waals surface area contributed by atoms with Crippen molar-refractivity contribution < 1.29 is 28.9 Å². The van der Waals surface area contributed by atoms with Gasteiger partial charge in [0.25, 0.3) is 0 Å². The second kappa shape index (κ2) is 17.6. The SMILES string of the molecule is CN(CCOc1ccc(CCNC(C)(O[Si](C)(C)C(C)(C)C)c2ccc(O)c3[nH]c(=O)ccc23)cc1)C1CCC(OC(=O)C(O)(c2cccs2)c2cccs2)CC1. The van der Waals surface area contributed by atoms with Crippen molar-refractivity contribution in [2.24, 2.45) is 0 Å². The van der Waals surface area contributed by atoms with Crippen LogP contribution in [-0.4, -0.2) is 73.3 Å². The van der Waals surface area contributed by atoms with Crippen LogP contribution in [0.1, 0.15) is 74.3 Å². The lowest BCUT2D eigenvalue weighted by atomic mass is 9.91. The van der Waals surface area contributed by atoms with E-state index >= 15 is 0 Å². The monoisotopic (exact) mass is 831 g/mol. The van der Waals surface area contributed by atoms with Crippen LogP contribution < -0.4 is 15.6 Å². The molecule has 1 unspecified atom stereocenters. The topological polar surface area (TPSA) is 133 Å². The summed E-state index contributed by atoms with van der Waals surface area (Å²) in [5, 5.41) is 30.3. The first-order valence-electron chi connectivity index (χ1n) is 19.7. The van der Waals surface area contributed by atoms with Crippen molar-refractivity contribution in [3.8, 4) is 11.5 Å². The van der Waals surface area contributed by atoms with Crippen molar-refractivity contribution in [2.45, 2.75) is 101 Å². The van der Waals surface area contributed by atoms with E-state index in [1.54, 1.807) is 24.3 Å². The summed E-state index contributed by atoms with van der Waals surface area (Å²) in [5.74, 6) is 0.236. The van der Waals surface area contributed by atoms with Gasteiger partial charge in [-0.15, -0.1) is 22.7 Å². The van der Waals surface area contributed by atoms with Crippen LogP contribution in [0.3, 0.4) is 0 Å². The van der Waals surface area contributed by atoms with E-state index in [1.165, 1.54) is 28.7 Å². The number of rotatable bonds is 16. The third kappa shape index (κ3) is 9.73. The van der Waals surface area contributed by atoms with Crippen LogP contribution in [0.25, 0.3) is 10.9 Å². The second-order valence-corrected chi connectivity index (χ2v) is 23.4. The average molecular weight is 832 g/mol. The number of nitrogens with one attached hydrogen (secondary N) is 2. The van der Waals surface area contributed by atoms with Gasteiger partial charge < -0.3 is 34.0 Å². The quantitative estimate of drug-likeness (QED) is 0.0439. The molecule has 0 spiro atoms. The van der Waals surface area contributed by atoms with Gasteiger partial charge in [0.2, 0.25) is 11.2 Å². The minimum absolute atomic E-state index is 0.0213. The molecule has 3 aromatic heterocycles. The van der Waals surface area contributed by atoms with Gasteiger partial charge in [-0.05, 0) is 117 Å². The molecule has 306 valence electrons. The highest BCUT2D eigenvalue weighted by molar-refractivity contribution is 7.12. The molecule has 13 heteroatoms. The molecule has 1 atom stereocenters. The number of likely N-dealkylation sites (N-methyl/N-ethyl adjacent to an activating group) is 1. The summed E-state index contributed by atoms with van der Waals surface area (Å²) in [6, 6.07) is 22.5. The first-order valence-corrected chi connectivity index (χ1v) is 24.4. The van der Waals surface area contributed by atoms with Crippen LogP contribution in [-0.2, 0) is 31.7 Å². The lowest BCUT2D eigenvalue weighted by Crippen LogP contribution is -2.53. The number of hydrogen-bond acceptors (Lipinski definition) is 11. The number of aromatic nitrogens is 1. The Hall–Kier alpha value is -3.82. The van der Waals surface area contributed by atoms with E-state index in [-0.39, 0.29) is 22.5 Å². The van der Waals surface area contributed by atoms with E-state index < -0.39 is 25.6 Å². The number of nitrogens with zero attached hydrogens (tertiary/aromatic N) is 1. The van der Waals surface area contributed by atoms with Gasteiger partial charge in [0, 0.05) is 36.1 Å². The van der Waals surface area contributed by atoms with E-state index in [4.69, 9.17) is 13.9 Å². The van der Waals surface area contributed by atoms with Gasteiger partial charge in [-0.3, -0.25) is 10.1 Å². The lowest BCUT2D eigenvalue weighted by molar-refractivity contribution is -0.169. The number of hydrogen-bond donors (Lipinski definition) is 4. The third-order valence-electron chi connectivity index (χ3n) is 11.8. The molecule has 4 N–H and O–H groups in total. The molecule has 0 saturated heterocycles. The number of aromatic hydroxyl groups is 1. The molecule has 3 heterocycles. The Kier molecular flexibility index (Phi) is 13.2. The maximum absolute atomic E-state index is 13.4. The molecule has 1 aliphatic carbocycles. The fourth-order valence-electron chi connectivity index (χ4n) is 7.32. The molecule has 0 bridgehead atoms. The minimum atomic E-state index is -2.28. The summed E-state index contributed by atoms with van der Waals surface area (Å²) in [4.78, 5) is 31.8. The number of thiophene rings is 2. The third-order valence-corrected chi connectivity index (χ3v) is 18.2. The Bertz CT molecular complexity index is 2110. The lowest BCUT2D eigenvalue weighted by Gasteiger charge is -2.45. The standard InChI is InChI=1S/C44H57N3O7S2Si/c1-42(2,3)57(6,7)54-43(4,35-21-22-36(48)40-34(35)20-23-39(49)46-40)45-25-24-30-12-16-32(17-13-30)52-27-26-47(5)31-14-18-33(19-15-31)53-41(50)44(51,37-10-8-28-55-37)38-11-9-29-56-38/h8-13,16-17,20-23,28-29,31,33,45,48,51H,14-15,18-19,24-27H2,1-7H3,(H,46,49). The highest BCUT2D eigenvalue weighted by Gasteiger charge is 2.46. The molecule has 10 nitrogen and oxygen atoms in total. The summed E-state index contributed by atoms with van der Waals surface area (Å²) in [6.07, 6.45) is 3.82. The highest BCUT2D eigenvalue weighted by Crippen LogP contribution is 2.43. The fraction of sp³-hybridized carbons (Fsp3) is 0.455. The number of phenolic OH excluding ortho intramolecular Hbond substituents is 1. The van der Waals surface area contributed by atoms with Crippen LogP contribution in [0.5, 0.6) is 11.5 Å². The zero-order valence-electron chi connectivity index (χ0n) is 34.1. The minimum Gasteiger partial charge on any atom is -0.506 e. The number of H-pyrrole nitrogens is 1. The molecule has 1 aliphatic rings. The number of esters is 1. The Balaban J connectivity index is 0.986. The van der Waals surface area contributed by atoms with E-state index in [1.807, 2.05) is 48.0 Å². The molecule has 0 radical (unpaired) electrons. The van der Waals surface area contributed by atoms with Gasteiger partial charge in [0.15, 0.2) is 8.32 Å². The summed E-state index contributed by atoms with van der Waals surface area (Å²) in [6.45, 7) is 15.1. The van der Waals surface area contributed by atoms with Crippen LogP contribution in [0.15, 0.2) is 88.4 Å². The van der Waals surface area contributed by atoms with Crippen molar-refractivity contribution in [3.63, 3.8) is 0 Å². The summed E-state index contributed by atoms with van der Waals surface area (Å²) in [7, 11) is -0.163. The maximum atomic E-state index is 13.4. The number of pyridine rings is 1. The van der Waals surface area contributed by atoms with E-state index in [2.05, 4.69) is 68.2 Å². The number of benzene rings is 2. The Labute approximate surface area is 345 Å². The summed E-state index contributed by atoms with van der Waals surface area (Å²) in [5.41, 5.74) is -0.528. The zero-order chi connectivity index (χ0) is 41.0. The molecule has 1 fully saturated rings. The Morgan fingerprint density at radius 1 is 0.930 bits per heavy atom. The van der Waals surface area contributed by atoms with Crippen molar-refractivity contribution >= 4 is 47.9 Å². The summed E-state index contributed by atoms with van der Waals surface area (Å²) < 4.78 is 19.2. The van der Waals surface area contributed by atoms with Gasteiger partial charge in [-0.25, -0.2) is 4.79 Å². The first-order chi connectivity index (χ1) is 27.0. The molecule has 0 aliphatic heterocycles. The number of phenols is 1. The molecule has 6 rings (SSSR count). The number of ether oxygens (including phenoxy) is 2. The number of carbonyl (C=O) groups excluding carboxylic acids is 1. The molecule has 5 aromatic rings. The van der Waals surface area contributed by atoms with E-state index in [0.29, 0.717) is 34.5 Å². The van der Waals surface area contributed by atoms with E-state index in [9.17, 15) is 19.8 Å². The predicted molar refractivity (Wildman–Crippen MR) is 232 cm³/mol. The van der Waals surface area contributed by atoms with E-state index in [0.717, 1.165) is 60.9 Å². The van der Waals surface area contributed by atoms with Crippen molar-refractivity contribution in [1.82, 2.24) is 15.2 Å². The predicted octanol–water partition coefficient (Wildman–Crippen LogP) is 8.48. The number of aliphatic hydroxyl groups is 1. The average Bonchev–Trinajstić information content (AvgIpc) is 3.92. The van der Waals surface area contributed by atoms with Crippen LogP contribution in [0.2, 0.25) is 18.1 Å². The molecule has 0 amide bonds. The smallest absolute Gasteiger partial charge is 0.349 e. The second-order valence-electron chi connectivity index (χ2n) is 16.8. The van der Waals surface area contributed by atoms with Gasteiger partial charge in [-0.1, -0.05) is 51.1 Å². The highest BCUT2D eigenvalue weighted by atomic mass is 32.1. The van der Waals surface area contributed by atoms with Gasteiger partial charge in [0.05, 0.1) is 15.3 Å². The number of aromatic amines is 1. The number of carbonyl (C=O) groups is 1. The molecular weight excluding hydrogens is 775 g/mol. The van der Waals surface area contributed by atoms with Crippen LogP contribution in [0.4, 0.5) is 0 Å².